The van der Waals surface area contributed by atoms with E-state index in [1.165, 1.54) is 0 Å². The molecule has 0 unspecified atom stereocenters. The first-order valence-electron chi connectivity index (χ1n) is 9.19. The van der Waals surface area contributed by atoms with E-state index in [1.54, 1.807) is 10.9 Å². The molecule has 0 bridgehead atoms. The van der Waals surface area contributed by atoms with Crippen LogP contribution in [0.1, 0.15) is 28.0 Å². The Bertz CT molecular complexity index is 937. The van der Waals surface area contributed by atoms with Gasteiger partial charge in [0.1, 0.15) is 0 Å². The Morgan fingerprint density at radius 1 is 1.04 bits per heavy atom. The lowest BCUT2D eigenvalue weighted by Crippen LogP contribution is -2.27. The fraction of sp³-hybridized carbons (Fsp3) is 0.238. The van der Waals surface area contributed by atoms with Crippen molar-refractivity contribution in [3.05, 3.63) is 77.6 Å². The van der Waals surface area contributed by atoms with Gasteiger partial charge >= 0.3 is 0 Å². The van der Waals surface area contributed by atoms with E-state index in [0.717, 1.165) is 16.8 Å². The van der Waals surface area contributed by atoms with Crippen molar-refractivity contribution in [2.24, 2.45) is 0 Å². The van der Waals surface area contributed by atoms with Crippen molar-refractivity contribution in [2.75, 3.05) is 11.9 Å². The van der Waals surface area contributed by atoms with Crippen molar-refractivity contribution in [1.82, 2.24) is 20.3 Å². The first-order chi connectivity index (χ1) is 13.6. The van der Waals surface area contributed by atoms with Gasteiger partial charge in [-0.3, -0.25) is 9.59 Å². The highest BCUT2D eigenvalue weighted by molar-refractivity contribution is 6.02. The predicted molar refractivity (Wildman–Crippen MR) is 107 cm³/mol. The molecule has 0 saturated heterocycles. The lowest BCUT2D eigenvalue weighted by molar-refractivity contribution is -0.121. The molecule has 1 aromatic heterocycles. The molecule has 2 amide bonds. The number of rotatable bonds is 8. The molecule has 144 valence electrons. The third-order valence-corrected chi connectivity index (χ3v) is 4.31. The topological polar surface area (TPSA) is 88.9 Å². The van der Waals surface area contributed by atoms with Gasteiger partial charge in [0.25, 0.3) is 5.91 Å². The van der Waals surface area contributed by atoms with Crippen LogP contribution in [0.2, 0.25) is 0 Å². The summed E-state index contributed by atoms with van der Waals surface area (Å²) < 4.78 is 1.55. The molecule has 0 atom stereocenters. The standard InChI is InChI=1S/C21H23N5O2/c1-16-7-5-6-10-18(16)23-21(28)19-15-26(25-24-19)14-13-22-20(27)12-11-17-8-3-2-4-9-17/h2-10,15H,11-14H2,1H3,(H,22,27)(H,23,28). The minimum Gasteiger partial charge on any atom is -0.354 e. The zero-order valence-corrected chi connectivity index (χ0v) is 15.8. The molecular formula is C21H23N5O2. The highest BCUT2D eigenvalue weighted by atomic mass is 16.2. The molecule has 0 spiro atoms. The number of carbonyl (C=O) groups is 2. The summed E-state index contributed by atoms with van der Waals surface area (Å²) in [5, 5.41) is 13.5. The van der Waals surface area contributed by atoms with Gasteiger partial charge in [0.05, 0.1) is 12.7 Å². The summed E-state index contributed by atoms with van der Waals surface area (Å²) in [6.07, 6.45) is 2.72. The largest absolute Gasteiger partial charge is 0.354 e. The molecule has 0 radical (unpaired) electrons. The zero-order chi connectivity index (χ0) is 19.8. The van der Waals surface area contributed by atoms with Crippen LogP contribution in [-0.4, -0.2) is 33.4 Å². The van der Waals surface area contributed by atoms with Crippen molar-refractivity contribution in [2.45, 2.75) is 26.3 Å². The Morgan fingerprint density at radius 3 is 2.57 bits per heavy atom. The number of para-hydroxylation sites is 1. The molecule has 0 aliphatic heterocycles. The first kappa shape index (κ1) is 19.3. The van der Waals surface area contributed by atoms with Crippen LogP contribution in [0.3, 0.4) is 0 Å². The quantitative estimate of drug-likeness (QED) is 0.631. The fourth-order valence-electron chi connectivity index (χ4n) is 2.71. The molecule has 1 heterocycles. The summed E-state index contributed by atoms with van der Waals surface area (Å²) in [5.41, 5.74) is 3.09. The monoisotopic (exact) mass is 377 g/mol. The van der Waals surface area contributed by atoms with E-state index < -0.39 is 0 Å². The Hall–Kier alpha value is -3.48. The molecule has 0 fully saturated rings. The summed E-state index contributed by atoms with van der Waals surface area (Å²) in [6, 6.07) is 17.4. The maximum absolute atomic E-state index is 12.3. The summed E-state index contributed by atoms with van der Waals surface area (Å²) in [7, 11) is 0. The Kier molecular flexibility index (Phi) is 6.51. The number of nitrogens with one attached hydrogen (secondary N) is 2. The third-order valence-electron chi connectivity index (χ3n) is 4.31. The number of aromatic nitrogens is 3. The first-order valence-corrected chi connectivity index (χ1v) is 9.19. The van der Waals surface area contributed by atoms with Crippen molar-refractivity contribution in [3.63, 3.8) is 0 Å². The molecule has 7 heteroatoms. The second-order valence-electron chi connectivity index (χ2n) is 6.47. The molecule has 7 nitrogen and oxygen atoms in total. The van der Waals surface area contributed by atoms with Gasteiger partial charge in [-0.25, -0.2) is 4.68 Å². The summed E-state index contributed by atoms with van der Waals surface area (Å²) in [5.74, 6) is -0.325. The van der Waals surface area contributed by atoms with E-state index in [-0.39, 0.29) is 17.5 Å². The molecule has 3 rings (SSSR count). The van der Waals surface area contributed by atoms with E-state index in [2.05, 4.69) is 20.9 Å². The lowest BCUT2D eigenvalue weighted by Gasteiger charge is -2.06. The smallest absolute Gasteiger partial charge is 0.277 e. The number of anilines is 1. The van der Waals surface area contributed by atoms with Crippen molar-refractivity contribution < 1.29 is 9.59 Å². The summed E-state index contributed by atoms with van der Waals surface area (Å²) >= 11 is 0. The maximum atomic E-state index is 12.3. The van der Waals surface area contributed by atoms with Crippen LogP contribution < -0.4 is 10.6 Å². The Balaban J connectivity index is 1.42. The number of nitrogens with zero attached hydrogens (tertiary/aromatic N) is 3. The number of hydrogen-bond donors (Lipinski definition) is 2. The van der Waals surface area contributed by atoms with Crippen molar-refractivity contribution in [3.8, 4) is 0 Å². The van der Waals surface area contributed by atoms with Crippen LogP contribution in [0.5, 0.6) is 0 Å². The van der Waals surface area contributed by atoms with Crippen LogP contribution in [0.15, 0.2) is 60.8 Å². The minimum absolute atomic E-state index is 0.0125. The molecule has 2 N–H and O–H groups in total. The SMILES string of the molecule is Cc1ccccc1NC(=O)c1cn(CCNC(=O)CCc2ccccc2)nn1. The molecule has 0 saturated carbocycles. The van der Waals surface area contributed by atoms with E-state index in [4.69, 9.17) is 0 Å². The highest BCUT2D eigenvalue weighted by Gasteiger charge is 2.12. The second-order valence-corrected chi connectivity index (χ2v) is 6.47. The van der Waals surface area contributed by atoms with Gasteiger partial charge in [-0.05, 0) is 30.5 Å². The normalized spacial score (nSPS) is 10.5. The Morgan fingerprint density at radius 2 is 1.79 bits per heavy atom. The van der Waals surface area contributed by atoms with Gasteiger partial charge in [-0.1, -0.05) is 53.7 Å². The van der Waals surface area contributed by atoms with Gasteiger partial charge < -0.3 is 10.6 Å². The van der Waals surface area contributed by atoms with Gasteiger partial charge in [0.15, 0.2) is 5.69 Å². The average molecular weight is 377 g/mol. The van der Waals surface area contributed by atoms with Crippen LogP contribution in [-0.2, 0) is 17.8 Å². The van der Waals surface area contributed by atoms with Gasteiger partial charge in [0.2, 0.25) is 5.91 Å². The van der Waals surface area contributed by atoms with Crippen LogP contribution in [0.4, 0.5) is 5.69 Å². The number of aryl methyl sites for hydroxylation is 2. The van der Waals surface area contributed by atoms with E-state index in [9.17, 15) is 9.59 Å². The van der Waals surface area contributed by atoms with Crippen LogP contribution in [0.25, 0.3) is 0 Å². The molecular weight excluding hydrogens is 354 g/mol. The molecule has 3 aromatic rings. The average Bonchev–Trinajstić information content (AvgIpc) is 3.18. The maximum Gasteiger partial charge on any atom is 0.277 e. The van der Waals surface area contributed by atoms with Gasteiger partial charge in [0, 0.05) is 18.7 Å². The summed E-state index contributed by atoms with van der Waals surface area (Å²) in [4.78, 5) is 24.2. The van der Waals surface area contributed by atoms with E-state index >= 15 is 0 Å². The van der Waals surface area contributed by atoms with E-state index in [1.807, 2.05) is 61.5 Å². The molecule has 28 heavy (non-hydrogen) atoms. The van der Waals surface area contributed by atoms with Crippen molar-refractivity contribution in [1.29, 1.82) is 0 Å². The molecule has 0 aliphatic rings. The summed E-state index contributed by atoms with van der Waals surface area (Å²) in [6.45, 7) is 2.80. The Labute approximate surface area is 163 Å². The van der Waals surface area contributed by atoms with Crippen molar-refractivity contribution >= 4 is 17.5 Å². The number of benzene rings is 2. The van der Waals surface area contributed by atoms with Gasteiger partial charge in [-0.2, -0.15) is 0 Å². The second kappa shape index (κ2) is 9.45. The minimum atomic E-state index is -0.313. The predicted octanol–water partition coefficient (Wildman–Crippen LogP) is 2.59. The van der Waals surface area contributed by atoms with Crippen LogP contribution >= 0.6 is 0 Å². The van der Waals surface area contributed by atoms with Crippen LogP contribution in [0, 0.1) is 6.92 Å². The number of carbonyl (C=O) groups excluding carboxylic acids is 2. The number of hydrogen-bond acceptors (Lipinski definition) is 4. The lowest BCUT2D eigenvalue weighted by atomic mass is 10.1. The molecule has 2 aromatic carbocycles. The molecule has 0 aliphatic carbocycles. The zero-order valence-electron chi connectivity index (χ0n) is 15.8. The third kappa shape index (κ3) is 5.51. The fourth-order valence-corrected chi connectivity index (χ4v) is 2.71. The number of amides is 2. The van der Waals surface area contributed by atoms with Gasteiger partial charge in [-0.15, -0.1) is 5.10 Å². The highest BCUT2D eigenvalue weighted by Crippen LogP contribution is 2.14. The van der Waals surface area contributed by atoms with E-state index in [0.29, 0.717) is 25.9 Å².